The molecule has 0 radical (unpaired) electrons. The lowest BCUT2D eigenvalue weighted by atomic mass is 10.1. The van der Waals surface area contributed by atoms with Crippen LogP contribution in [0.2, 0.25) is 0 Å². The first-order valence-corrected chi connectivity index (χ1v) is 6.92. The van der Waals surface area contributed by atoms with Gasteiger partial charge in [-0.3, -0.25) is 0 Å². The van der Waals surface area contributed by atoms with Gasteiger partial charge in [0.05, 0.1) is 6.54 Å². The topological polar surface area (TPSA) is 43.6 Å². The maximum absolute atomic E-state index is 6.03. The van der Waals surface area contributed by atoms with Gasteiger partial charge >= 0.3 is 0 Å². The van der Waals surface area contributed by atoms with Crippen LogP contribution in [-0.4, -0.2) is 13.3 Å². The molecule has 4 rings (SSSR count). The second-order valence-corrected chi connectivity index (χ2v) is 5.20. The summed E-state index contributed by atoms with van der Waals surface area (Å²) in [5, 5.41) is 4.54. The number of benzene rings is 1. The molecule has 1 aliphatic carbocycles. The molecular weight excluding hydrogens is 242 g/mol. The quantitative estimate of drug-likeness (QED) is 0.916. The van der Waals surface area contributed by atoms with E-state index in [4.69, 9.17) is 13.9 Å². The van der Waals surface area contributed by atoms with Gasteiger partial charge < -0.3 is 19.2 Å². The maximum atomic E-state index is 6.03. The molecule has 2 heterocycles. The molecule has 1 fully saturated rings. The molecule has 1 aliphatic heterocycles. The summed E-state index contributed by atoms with van der Waals surface area (Å²) in [7, 11) is 0. The van der Waals surface area contributed by atoms with E-state index in [-0.39, 0.29) is 0 Å². The summed E-state index contributed by atoms with van der Waals surface area (Å²) < 4.78 is 16.9. The molecule has 0 atom stereocenters. The Morgan fingerprint density at radius 3 is 2.74 bits per heavy atom. The molecule has 0 bridgehead atoms. The SMILES string of the molecule is CCNCc1oc2cc3c(cc2c1C1CC1)OCO3. The number of rotatable bonds is 4. The van der Waals surface area contributed by atoms with Crippen molar-refractivity contribution in [3.63, 3.8) is 0 Å². The summed E-state index contributed by atoms with van der Waals surface area (Å²) in [6, 6.07) is 4.03. The fraction of sp³-hybridized carbons (Fsp3) is 0.467. The lowest BCUT2D eigenvalue weighted by Gasteiger charge is -2.01. The van der Waals surface area contributed by atoms with Crippen molar-refractivity contribution >= 4 is 11.0 Å². The zero-order valence-electron chi connectivity index (χ0n) is 11.0. The number of hydrogen-bond acceptors (Lipinski definition) is 4. The van der Waals surface area contributed by atoms with E-state index in [0.29, 0.717) is 12.7 Å². The smallest absolute Gasteiger partial charge is 0.231 e. The van der Waals surface area contributed by atoms with Crippen LogP contribution >= 0.6 is 0 Å². The van der Waals surface area contributed by atoms with Gasteiger partial charge in [0.25, 0.3) is 0 Å². The van der Waals surface area contributed by atoms with E-state index in [2.05, 4.69) is 18.3 Å². The summed E-state index contributed by atoms with van der Waals surface area (Å²) in [6.07, 6.45) is 2.53. The third kappa shape index (κ3) is 1.78. The standard InChI is InChI=1S/C15H17NO3/c1-2-16-7-14-15(9-3-4-9)10-5-12-13(18-8-17-12)6-11(10)19-14/h5-6,9,16H,2-4,7-8H2,1H3. The zero-order valence-corrected chi connectivity index (χ0v) is 11.0. The molecule has 4 heteroatoms. The second kappa shape index (κ2) is 4.17. The monoisotopic (exact) mass is 259 g/mol. The minimum absolute atomic E-state index is 0.310. The van der Waals surface area contributed by atoms with Gasteiger partial charge in [-0.25, -0.2) is 0 Å². The van der Waals surface area contributed by atoms with Crippen molar-refractivity contribution in [3.05, 3.63) is 23.5 Å². The minimum Gasteiger partial charge on any atom is -0.459 e. The maximum Gasteiger partial charge on any atom is 0.231 e. The van der Waals surface area contributed by atoms with Gasteiger partial charge in [0.1, 0.15) is 11.3 Å². The molecular formula is C15H17NO3. The Morgan fingerprint density at radius 2 is 2.00 bits per heavy atom. The number of ether oxygens (including phenoxy) is 2. The average molecular weight is 259 g/mol. The highest BCUT2D eigenvalue weighted by molar-refractivity contribution is 5.87. The average Bonchev–Trinajstić information content (AvgIpc) is 3.04. The Morgan fingerprint density at radius 1 is 1.21 bits per heavy atom. The Kier molecular flexibility index (Phi) is 2.45. The van der Waals surface area contributed by atoms with Crippen molar-refractivity contribution in [3.8, 4) is 11.5 Å². The van der Waals surface area contributed by atoms with Crippen molar-refractivity contribution in [1.29, 1.82) is 0 Å². The number of hydrogen-bond donors (Lipinski definition) is 1. The van der Waals surface area contributed by atoms with E-state index in [1.54, 1.807) is 0 Å². The highest BCUT2D eigenvalue weighted by Gasteiger charge is 2.31. The van der Waals surface area contributed by atoms with Crippen molar-refractivity contribution in [2.24, 2.45) is 0 Å². The van der Waals surface area contributed by atoms with Gasteiger partial charge in [-0.15, -0.1) is 0 Å². The predicted molar refractivity (Wildman–Crippen MR) is 71.7 cm³/mol. The third-order valence-electron chi connectivity index (χ3n) is 3.82. The van der Waals surface area contributed by atoms with Crippen molar-refractivity contribution in [2.75, 3.05) is 13.3 Å². The lowest BCUT2D eigenvalue weighted by molar-refractivity contribution is 0.174. The Hall–Kier alpha value is -1.68. The van der Waals surface area contributed by atoms with Gasteiger partial charge in [-0.2, -0.15) is 0 Å². The van der Waals surface area contributed by atoms with Gasteiger partial charge in [-0.1, -0.05) is 6.92 Å². The molecule has 2 aliphatic rings. The molecule has 2 aromatic rings. The fourth-order valence-corrected chi connectivity index (χ4v) is 2.75. The summed E-state index contributed by atoms with van der Waals surface area (Å²) in [5.41, 5.74) is 2.29. The van der Waals surface area contributed by atoms with Crippen LogP contribution in [0.1, 0.15) is 37.0 Å². The molecule has 100 valence electrons. The molecule has 1 N–H and O–H groups in total. The molecule has 4 nitrogen and oxygen atoms in total. The molecule has 0 unspecified atom stereocenters. The van der Waals surface area contributed by atoms with Crippen LogP contribution in [0.25, 0.3) is 11.0 Å². The second-order valence-electron chi connectivity index (χ2n) is 5.20. The molecule has 19 heavy (non-hydrogen) atoms. The van der Waals surface area contributed by atoms with E-state index < -0.39 is 0 Å². The Bertz CT molecular complexity index is 628. The van der Waals surface area contributed by atoms with Gasteiger partial charge in [0.2, 0.25) is 6.79 Å². The predicted octanol–water partition coefficient (Wildman–Crippen LogP) is 3.15. The van der Waals surface area contributed by atoms with Crippen LogP contribution in [-0.2, 0) is 6.54 Å². The van der Waals surface area contributed by atoms with E-state index in [0.717, 1.165) is 35.9 Å². The van der Waals surface area contributed by atoms with Crippen molar-refractivity contribution in [2.45, 2.75) is 32.2 Å². The highest BCUT2D eigenvalue weighted by atomic mass is 16.7. The first kappa shape index (κ1) is 11.2. The molecule has 1 saturated carbocycles. The van der Waals surface area contributed by atoms with Crippen LogP contribution in [0.5, 0.6) is 11.5 Å². The summed E-state index contributed by atoms with van der Waals surface area (Å²) in [6.45, 7) is 4.16. The van der Waals surface area contributed by atoms with E-state index in [9.17, 15) is 0 Å². The Labute approximate surface area is 111 Å². The summed E-state index contributed by atoms with van der Waals surface area (Å²) >= 11 is 0. The number of furan rings is 1. The molecule has 1 aromatic carbocycles. The zero-order chi connectivity index (χ0) is 12.8. The van der Waals surface area contributed by atoms with Crippen molar-refractivity contribution < 1.29 is 13.9 Å². The van der Waals surface area contributed by atoms with Crippen LogP contribution in [0.15, 0.2) is 16.5 Å². The Balaban J connectivity index is 1.85. The van der Waals surface area contributed by atoms with E-state index >= 15 is 0 Å². The normalized spacial score (nSPS) is 17.3. The number of fused-ring (bicyclic) bond motifs is 2. The summed E-state index contributed by atoms with van der Waals surface area (Å²) in [4.78, 5) is 0. The largest absolute Gasteiger partial charge is 0.459 e. The molecule has 0 amide bonds. The molecule has 0 spiro atoms. The van der Waals surface area contributed by atoms with Crippen molar-refractivity contribution in [1.82, 2.24) is 5.32 Å². The van der Waals surface area contributed by atoms with Gasteiger partial charge in [0, 0.05) is 17.0 Å². The van der Waals surface area contributed by atoms with E-state index in [1.807, 2.05) is 6.07 Å². The minimum atomic E-state index is 0.310. The van der Waals surface area contributed by atoms with E-state index in [1.165, 1.54) is 23.8 Å². The third-order valence-corrected chi connectivity index (χ3v) is 3.82. The molecule has 1 aromatic heterocycles. The van der Waals surface area contributed by atoms with Gasteiger partial charge in [0.15, 0.2) is 11.5 Å². The summed E-state index contributed by atoms with van der Waals surface area (Å²) in [5.74, 6) is 3.36. The van der Waals surface area contributed by atoms with Gasteiger partial charge in [-0.05, 0) is 31.4 Å². The first-order chi connectivity index (χ1) is 9.36. The molecule has 0 saturated heterocycles. The van der Waals surface area contributed by atoms with Crippen LogP contribution in [0.4, 0.5) is 0 Å². The highest BCUT2D eigenvalue weighted by Crippen LogP contribution is 2.48. The van der Waals surface area contributed by atoms with Crippen LogP contribution < -0.4 is 14.8 Å². The van der Waals surface area contributed by atoms with Crippen LogP contribution in [0, 0.1) is 0 Å². The fourth-order valence-electron chi connectivity index (χ4n) is 2.75. The van der Waals surface area contributed by atoms with Crippen LogP contribution in [0.3, 0.4) is 0 Å². The first-order valence-electron chi connectivity index (χ1n) is 6.92. The lowest BCUT2D eigenvalue weighted by Crippen LogP contribution is -2.12. The number of nitrogens with one attached hydrogen (secondary N) is 1.